The van der Waals surface area contributed by atoms with Gasteiger partial charge in [0.15, 0.2) is 0 Å². The van der Waals surface area contributed by atoms with Gasteiger partial charge in [0.2, 0.25) is 5.91 Å². The van der Waals surface area contributed by atoms with Gasteiger partial charge in [0, 0.05) is 22.4 Å². The molecule has 130 valence electrons. The van der Waals surface area contributed by atoms with Gasteiger partial charge in [-0.3, -0.25) is 4.79 Å². The van der Waals surface area contributed by atoms with Crippen molar-refractivity contribution < 1.29 is 9.18 Å². The highest BCUT2D eigenvalue weighted by Crippen LogP contribution is 2.31. The van der Waals surface area contributed by atoms with Crippen molar-refractivity contribution in [2.45, 2.75) is 31.8 Å². The molecule has 0 saturated heterocycles. The van der Waals surface area contributed by atoms with Crippen molar-refractivity contribution in [2.75, 3.05) is 5.75 Å². The quantitative estimate of drug-likeness (QED) is 0.520. The zero-order valence-corrected chi connectivity index (χ0v) is 15.6. The molecule has 0 aliphatic carbocycles. The van der Waals surface area contributed by atoms with Gasteiger partial charge in [-0.05, 0) is 25.5 Å². The fraction of sp³-hybridized carbons (Fsp3) is 0.278. The average Bonchev–Trinajstić information content (AvgIpc) is 3.02. The maximum atomic E-state index is 13.6. The van der Waals surface area contributed by atoms with Gasteiger partial charge in [0.1, 0.15) is 21.5 Å². The number of carbonyl (C=O) groups is 1. The van der Waals surface area contributed by atoms with E-state index in [0.717, 1.165) is 21.7 Å². The van der Waals surface area contributed by atoms with Crippen molar-refractivity contribution in [1.29, 1.82) is 0 Å². The number of nitrogens with one attached hydrogen (secondary N) is 1. The van der Waals surface area contributed by atoms with Crippen molar-refractivity contribution in [1.82, 2.24) is 15.3 Å². The predicted octanol–water partition coefficient (Wildman–Crippen LogP) is 4.11. The molecular formula is C18H18FN3OS2. The molecular weight excluding hydrogens is 357 g/mol. The number of halogens is 1. The molecule has 4 nitrogen and oxygen atoms in total. The Morgan fingerprint density at radius 1 is 1.32 bits per heavy atom. The molecule has 1 amide bonds. The molecule has 0 bridgehead atoms. The Labute approximate surface area is 153 Å². The molecule has 7 heteroatoms. The first-order chi connectivity index (χ1) is 12.1. The normalized spacial score (nSPS) is 11.0. The number of aryl methyl sites for hydroxylation is 2. The van der Waals surface area contributed by atoms with Gasteiger partial charge in [0.05, 0.1) is 5.75 Å². The molecule has 2 heterocycles. The third-order valence-electron chi connectivity index (χ3n) is 3.64. The Bertz CT molecular complexity index is 910. The van der Waals surface area contributed by atoms with Crippen molar-refractivity contribution >= 4 is 39.2 Å². The third kappa shape index (κ3) is 4.35. The number of hydrogen-bond donors (Lipinski definition) is 1. The molecule has 3 aromatic rings. The van der Waals surface area contributed by atoms with Crippen LogP contribution in [-0.4, -0.2) is 21.6 Å². The lowest BCUT2D eigenvalue weighted by molar-refractivity contribution is -0.118. The maximum absolute atomic E-state index is 13.6. The smallest absolute Gasteiger partial charge is 0.230 e. The first kappa shape index (κ1) is 17.8. The Morgan fingerprint density at radius 3 is 2.88 bits per heavy atom. The summed E-state index contributed by atoms with van der Waals surface area (Å²) in [5.74, 6) is 0.473. The number of rotatable bonds is 6. The van der Waals surface area contributed by atoms with Crippen LogP contribution in [0.2, 0.25) is 0 Å². The average molecular weight is 375 g/mol. The van der Waals surface area contributed by atoms with E-state index < -0.39 is 0 Å². The van der Waals surface area contributed by atoms with Crippen LogP contribution < -0.4 is 5.32 Å². The first-order valence-electron chi connectivity index (χ1n) is 7.96. The van der Waals surface area contributed by atoms with Crippen LogP contribution in [0.15, 0.2) is 35.4 Å². The van der Waals surface area contributed by atoms with E-state index in [-0.39, 0.29) is 24.0 Å². The Kier molecular flexibility index (Phi) is 5.65. The second-order valence-corrected chi connectivity index (χ2v) is 7.60. The van der Waals surface area contributed by atoms with Crippen LogP contribution in [0.1, 0.15) is 23.2 Å². The lowest BCUT2D eigenvalue weighted by atomic mass is 10.2. The van der Waals surface area contributed by atoms with Crippen LogP contribution in [0.25, 0.3) is 10.2 Å². The Balaban J connectivity index is 1.65. The monoisotopic (exact) mass is 375 g/mol. The van der Waals surface area contributed by atoms with Gasteiger partial charge >= 0.3 is 0 Å². The summed E-state index contributed by atoms with van der Waals surface area (Å²) in [7, 11) is 0. The van der Waals surface area contributed by atoms with E-state index >= 15 is 0 Å². The molecule has 0 saturated carbocycles. The standard InChI is InChI=1S/C18H18FN3OS2/c1-3-13-8-14-17(21-11(2)22-18(14)25-13)24-10-16(23)20-9-12-6-4-5-7-15(12)19/h4-8H,3,9-10H2,1-2H3,(H,20,23). The number of benzene rings is 1. The van der Waals surface area contributed by atoms with Gasteiger partial charge in [-0.1, -0.05) is 36.9 Å². The van der Waals surface area contributed by atoms with Crippen LogP contribution in [-0.2, 0) is 17.8 Å². The molecule has 3 rings (SSSR count). The fourth-order valence-corrected chi connectivity index (χ4v) is 4.31. The largest absolute Gasteiger partial charge is 0.351 e. The fourth-order valence-electron chi connectivity index (χ4n) is 2.35. The van der Waals surface area contributed by atoms with Gasteiger partial charge in [-0.25, -0.2) is 14.4 Å². The molecule has 2 aromatic heterocycles. The topological polar surface area (TPSA) is 54.9 Å². The summed E-state index contributed by atoms with van der Waals surface area (Å²) in [5, 5.41) is 4.57. The minimum atomic E-state index is -0.311. The number of nitrogens with zero attached hydrogens (tertiary/aromatic N) is 2. The third-order valence-corrected chi connectivity index (χ3v) is 5.81. The summed E-state index contributed by atoms with van der Waals surface area (Å²) in [4.78, 5) is 23.2. The van der Waals surface area contributed by atoms with E-state index in [1.807, 2.05) is 6.92 Å². The summed E-state index contributed by atoms with van der Waals surface area (Å²) in [6.45, 7) is 4.14. The number of hydrogen-bond acceptors (Lipinski definition) is 5. The number of fused-ring (bicyclic) bond motifs is 1. The molecule has 0 atom stereocenters. The number of thioether (sulfide) groups is 1. The van der Waals surface area contributed by atoms with E-state index in [1.165, 1.54) is 22.7 Å². The first-order valence-corrected chi connectivity index (χ1v) is 9.77. The second kappa shape index (κ2) is 7.93. The molecule has 0 aliphatic heterocycles. The predicted molar refractivity (Wildman–Crippen MR) is 101 cm³/mol. The molecule has 1 N–H and O–H groups in total. The summed E-state index contributed by atoms with van der Waals surface area (Å²) in [6.07, 6.45) is 0.952. The summed E-state index contributed by atoms with van der Waals surface area (Å²) in [6, 6.07) is 8.53. The SMILES string of the molecule is CCc1cc2c(SCC(=O)NCc3ccccc3F)nc(C)nc2s1. The van der Waals surface area contributed by atoms with E-state index in [0.29, 0.717) is 11.4 Å². The zero-order chi connectivity index (χ0) is 17.8. The summed E-state index contributed by atoms with van der Waals surface area (Å²) >= 11 is 3.05. The zero-order valence-electron chi connectivity index (χ0n) is 14.0. The molecule has 25 heavy (non-hydrogen) atoms. The summed E-state index contributed by atoms with van der Waals surface area (Å²) in [5.41, 5.74) is 0.478. The maximum Gasteiger partial charge on any atom is 0.230 e. The van der Waals surface area contributed by atoms with Gasteiger partial charge in [-0.2, -0.15) is 0 Å². The molecule has 1 aromatic carbocycles. The molecule has 0 unspecified atom stereocenters. The molecule has 0 radical (unpaired) electrons. The van der Waals surface area contributed by atoms with E-state index in [1.54, 1.807) is 29.5 Å². The highest BCUT2D eigenvalue weighted by atomic mass is 32.2. The van der Waals surface area contributed by atoms with Crippen LogP contribution >= 0.6 is 23.1 Å². The van der Waals surface area contributed by atoms with E-state index in [9.17, 15) is 9.18 Å². The number of amides is 1. The lowest BCUT2D eigenvalue weighted by Gasteiger charge is -2.07. The number of aromatic nitrogens is 2. The Morgan fingerprint density at radius 2 is 2.12 bits per heavy atom. The van der Waals surface area contributed by atoms with Crippen molar-refractivity contribution in [3.05, 3.63) is 52.4 Å². The van der Waals surface area contributed by atoms with Crippen molar-refractivity contribution in [2.24, 2.45) is 0 Å². The van der Waals surface area contributed by atoms with Crippen molar-refractivity contribution in [3.8, 4) is 0 Å². The van der Waals surface area contributed by atoms with Crippen LogP contribution in [0.4, 0.5) is 4.39 Å². The highest BCUT2D eigenvalue weighted by molar-refractivity contribution is 8.00. The number of thiophene rings is 1. The minimum absolute atomic E-state index is 0.149. The van der Waals surface area contributed by atoms with Gasteiger partial charge < -0.3 is 5.32 Å². The van der Waals surface area contributed by atoms with Gasteiger partial charge in [0.25, 0.3) is 0 Å². The van der Waals surface area contributed by atoms with Gasteiger partial charge in [-0.15, -0.1) is 11.3 Å². The van der Waals surface area contributed by atoms with Crippen LogP contribution in [0, 0.1) is 12.7 Å². The van der Waals surface area contributed by atoms with E-state index in [4.69, 9.17) is 0 Å². The second-order valence-electron chi connectivity index (χ2n) is 5.52. The number of carbonyl (C=O) groups excluding carboxylic acids is 1. The lowest BCUT2D eigenvalue weighted by Crippen LogP contribution is -2.25. The Hall–Kier alpha value is -1.99. The van der Waals surface area contributed by atoms with E-state index in [2.05, 4.69) is 28.3 Å². The molecule has 0 spiro atoms. The molecule has 0 aliphatic rings. The summed E-state index contributed by atoms with van der Waals surface area (Å²) < 4.78 is 13.6. The van der Waals surface area contributed by atoms with Crippen LogP contribution in [0.3, 0.4) is 0 Å². The highest BCUT2D eigenvalue weighted by Gasteiger charge is 2.12. The molecule has 0 fully saturated rings. The van der Waals surface area contributed by atoms with Crippen LogP contribution in [0.5, 0.6) is 0 Å². The minimum Gasteiger partial charge on any atom is -0.351 e. The van der Waals surface area contributed by atoms with Crippen molar-refractivity contribution in [3.63, 3.8) is 0 Å².